The third-order valence-corrected chi connectivity index (χ3v) is 5.94. The van der Waals surface area contributed by atoms with Gasteiger partial charge in [0.15, 0.2) is 5.96 Å². The Labute approximate surface area is 138 Å². The topological polar surface area (TPSA) is 45.7 Å². The summed E-state index contributed by atoms with van der Waals surface area (Å²) in [5, 5.41) is 7.16. The van der Waals surface area contributed by atoms with Crippen LogP contribution in [0.3, 0.4) is 0 Å². The number of ether oxygens (including phenoxy) is 1. The number of guanidine groups is 1. The fourth-order valence-electron chi connectivity index (χ4n) is 4.68. The van der Waals surface area contributed by atoms with Gasteiger partial charge < -0.3 is 15.4 Å². The number of fused-ring (bicyclic) bond motifs is 2. The van der Waals surface area contributed by atoms with E-state index in [1.54, 1.807) is 0 Å². The molecule has 1 aliphatic heterocycles. The van der Waals surface area contributed by atoms with Gasteiger partial charge in [0, 0.05) is 30.5 Å². The van der Waals surface area contributed by atoms with Crippen molar-refractivity contribution in [2.24, 2.45) is 16.3 Å². The first kappa shape index (κ1) is 15.0. The second-order valence-corrected chi connectivity index (χ2v) is 7.13. The molecule has 3 aliphatic rings. The number of hydrogen-bond acceptors (Lipinski definition) is 2. The minimum absolute atomic E-state index is 0.393. The smallest absolute Gasteiger partial charge is 0.191 e. The minimum Gasteiger partial charge on any atom is -0.377 e. The van der Waals surface area contributed by atoms with E-state index in [-0.39, 0.29) is 0 Å². The van der Waals surface area contributed by atoms with Crippen LogP contribution in [0.1, 0.15) is 38.2 Å². The molecule has 23 heavy (non-hydrogen) atoms. The molecule has 4 heteroatoms. The largest absolute Gasteiger partial charge is 0.377 e. The highest BCUT2D eigenvalue weighted by Gasteiger charge is 2.66. The maximum atomic E-state index is 6.01. The Morgan fingerprint density at radius 3 is 2.83 bits per heavy atom. The molecule has 0 bridgehead atoms. The molecular weight excluding hydrogens is 286 g/mol. The predicted octanol–water partition coefficient (Wildman–Crippen LogP) is 2.70. The Balaban J connectivity index is 1.45. The first-order valence-electron chi connectivity index (χ1n) is 9.04. The summed E-state index contributed by atoms with van der Waals surface area (Å²) in [5.74, 6) is 1.63. The highest BCUT2D eigenvalue weighted by molar-refractivity contribution is 5.80. The molecule has 2 aliphatic carbocycles. The molecule has 1 aromatic rings. The molecule has 1 heterocycles. The van der Waals surface area contributed by atoms with E-state index in [0.29, 0.717) is 23.5 Å². The molecule has 4 nitrogen and oxygen atoms in total. The normalized spacial score (nSPS) is 31.2. The van der Waals surface area contributed by atoms with Crippen molar-refractivity contribution in [3.05, 3.63) is 35.9 Å². The molecule has 1 spiro atoms. The maximum absolute atomic E-state index is 6.01. The first-order valence-corrected chi connectivity index (χ1v) is 9.04. The van der Waals surface area contributed by atoms with Crippen molar-refractivity contribution in [1.29, 1.82) is 0 Å². The second-order valence-electron chi connectivity index (χ2n) is 7.13. The summed E-state index contributed by atoms with van der Waals surface area (Å²) < 4.78 is 6.01. The van der Waals surface area contributed by atoms with Gasteiger partial charge in [0.05, 0.1) is 12.6 Å². The SMILES string of the molecule is CCNC(=NCc1ccccc1)NC1C2CCOC2C12CCC2. The quantitative estimate of drug-likeness (QED) is 0.663. The van der Waals surface area contributed by atoms with Crippen molar-refractivity contribution in [3.8, 4) is 0 Å². The fraction of sp³-hybridized carbons (Fsp3) is 0.632. The number of aliphatic imine (C=N–C) groups is 1. The molecule has 4 rings (SSSR count). The van der Waals surface area contributed by atoms with E-state index in [1.807, 2.05) is 6.07 Å². The number of nitrogens with one attached hydrogen (secondary N) is 2. The number of nitrogens with zero attached hydrogens (tertiary/aromatic N) is 1. The van der Waals surface area contributed by atoms with Crippen LogP contribution in [0, 0.1) is 11.3 Å². The molecule has 0 amide bonds. The molecule has 3 unspecified atom stereocenters. The van der Waals surface area contributed by atoms with Crippen LogP contribution in [0.5, 0.6) is 0 Å². The molecule has 3 atom stereocenters. The average molecular weight is 313 g/mol. The average Bonchev–Trinajstić information content (AvgIpc) is 2.94. The summed E-state index contributed by atoms with van der Waals surface area (Å²) in [6, 6.07) is 11.0. The van der Waals surface area contributed by atoms with Gasteiger partial charge in [-0.1, -0.05) is 36.8 Å². The lowest BCUT2D eigenvalue weighted by Crippen LogP contribution is -2.72. The van der Waals surface area contributed by atoms with Gasteiger partial charge >= 0.3 is 0 Å². The van der Waals surface area contributed by atoms with Crippen molar-refractivity contribution < 1.29 is 4.74 Å². The standard InChI is InChI=1S/C19H27N3O/c1-2-20-18(21-13-14-7-4-3-5-8-14)22-16-15-9-12-23-17(15)19(16)10-6-11-19/h3-5,7-8,15-17H,2,6,9-13H2,1H3,(H2,20,21,22). The summed E-state index contributed by atoms with van der Waals surface area (Å²) in [7, 11) is 0. The van der Waals surface area contributed by atoms with Crippen molar-refractivity contribution in [1.82, 2.24) is 10.6 Å². The van der Waals surface area contributed by atoms with Gasteiger partial charge in [-0.05, 0) is 31.7 Å². The van der Waals surface area contributed by atoms with E-state index >= 15 is 0 Å². The molecule has 0 radical (unpaired) electrons. The Bertz CT molecular complexity index is 567. The van der Waals surface area contributed by atoms with E-state index in [0.717, 1.165) is 25.7 Å². The first-order chi connectivity index (χ1) is 11.3. The van der Waals surface area contributed by atoms with Crippen LogP contribution in [0.25, 0.3) is 0 Å². The van der Waals surface area contributed by atoms with E-state index in [4.69, 9.17) is 9.73 Å². The molecule has 3 fully saturated rings. The van der Waals surface area contributed by atoms with Gasteiger partial charge in [-0.2, -0.15) is 0 Å². The van der Waals surface area contributed by atoms with E-state index < -0.39 is 0 Å². The highest BCUT2D eigenvalue weighted by Crippen LogP contribution is 2.62. The summed E-state index contributed by atoms with van der Waals surface area (Å²) >= 11 is 0. The van der Waals surface area contributed by atoms with E-state index in [9.17, 15) is 0 Å². The summed E-state index contributed by atoms with van der Waals surface area (Å²) in [6.07, 6.45) is 5.67. The van der Waals surface area contributed by atoms with Crippen LogP contribution in [0.15, 0.2) is 35.3 Å². The van der Waals surface area contributed by atoms with Crippen LogP contribution in [-0.2, 0) is 11.3 Å². The van der Waals surface area contributed by atoms with Gasteiger partial charge in [0.2, 0.25) is 0 Å². The summed E-state index contributed by atoms with van der Waals surface area (Å²) in [6.45, 7) is 4.68. The second kappa shape index (κ2) is 6.16. The molecule has 1 saturated heterocycles. The lowest BCUT2D eigenvalue weighted by Gasteiger charge is -2.63. The van der Waals surface area contributed by atoms with Gasteiger partial charge in [0.1, 0.15) is 0 Å². The zero-order valence-electron chi connectivity index (χ0n) is 13.9. The van der Waals surface area contributed by atoms with Crippen molar-refractivity contribution in [2.75, 3.05) is 13.2 Å². The van der Waals surface area contributed by atoms with E-state index in [2.05, 4.69) is 41.8 Å². The van der Waals surface area contributed by atoms with Crippen LogP contribution < -0.4 is 10.6 Å². The molecule has 2 N–H and O–H groups in total. The molecule has 124 valence electrons. The van der Waals surface area contributed by atoms with Crippen LogP contribution in [-0.4, -0.2) is 31.3 Å². The zero-order chi connectivity index (χ0) is 15.7. The van der Waals surface area contributed by atoms with Gasteiger partial charge in [-0.3, -0.25) is 0 Å². The lowest BCUT2D eigenvalue weighted by molar-refractivity contribution is -0.171. The zero-order valence-corrected chi connectivity index (χ0v) is 13.9. The van der Waals surface area contributed by atoms with Crippen LogP contribution in [0.4, 0.5) is 0 Å². The van der Waals surface area contributed by atoms with E-state index in [1.165, 1.54) is 31.2 Å². The summed E-state index contributed by atoms with van der Waals surface area (Å²) in [5.41, 5.74) is 1.64. The van der Waals surface area contributed by atoms with Gasteiger partial charge in [0.25, 0.3) is 0 Å². The van der Waals surface area contributed by atoms with Crippen LogP contribution >= 0.6 is 0 Å². The van der Waals surface area contributed by atoms with Crippen molar-refractivity contribution >= 4 is 5.96 Å². The predicted molar refractivity (Wildman–Crippen MR) is 92.3 cm³/mol. The van der Waals surface area contributed by atoms with Crippen molar-refractivity contribution in [3.63, 3.8) is 0 Å². The third-order valence-electron chi connectivity index (χ3n) is 5.94. The Morgan fingerprint density at radius 2 is 2.13 bits per heavy atom. The number of hydrogen-bond donors (Lipinski definition) is 2. The lowest BCUT2D eigenvalue weighted by atomic mass is 9.46. The fourth-order valence-corrected chi connectivity index (χ4v) is 4.68. The highest BCUT2D eigenvalue weighted by atomic mass is 16.5. The molecular formula is C19H27N3O. The van der Waals surface area contributed by atoms with Gasteiger partial charge in [-0.25, -0.2) is 4.99 Å². The Morgan fingerprint density at radius 1 is 1.30 bits per heavy atom. The summed E-state index contributed by atoms with van der Waals surface area (Å²) in [4.78, 5) is 4.80. The van der Waals surface area contributed by atoms with Crippen molar-refractivity contribution in [2.45, 2.75) is 51.3 Å². The monoisotopic (exact) mass is 313 g/mol. The minimum atomic E-state index is 0.393. The van der Waals surface area contributed by atoms with Crippen LogP contribution in [0.2, 0.25) is 0 Å². The number of benzene rings is 1. The number of rotatable bonds is 4. The Hall–Kier alpha value is -1.55. The van der Waals surface area contributed by atoms with Gasteiger partial charge in [-0.15, -0.1) is 0 Å². The molecule has 2 saturated carbocycles. The molecule has 0 aromatic heterocycles. The third kappa shape index (κ3) is 2.53. The molecule has 1 aromatic carbocycles. The maximum Gasteiger partial charge on any atom is 0.191 e. The Kier molecular flexibility index (Phi) is 4.02.